The van der Waals surface area contributed by atoms with Crippen LogP contribution in [0, 0.1) is 5.92 Å². The summed E-state index contributed by atoms with van der Waals surface area (Å²) in [6, 6.07) is 16.9. The molecule has 2 aromatic carbocycles. The predicted octanol–water partition coefficient (Wildman–Crippen LogP) is 5.69. The molecule has 2 aromatic rings. The second-order valence-corrected chi connectivity index (χ2v) is 11.5. The van der Waals surface area contributed by atoms with Crippen molar-refractivity contribution in [2.45, 2.75) is 63.0 Å². The highest BCUT2D eigenvalue weighted by molar-refractivity contribution is 8.77. The molecule has 1 unspecified atom stereocenters. The summed E-state index contributed by atoms with van der Waals surface area (Å²) < 4.78 is 0. The van der Waals surface area contributed by atoms with Gasteiger partial charge in [0, 0.05) is 28.7 Å². The van der Waals surface area contributed by atoms with Crippen molar-refractivity contribution in [3.05, 3.63) is 65.7 Å². The first-order valence-electron chi connectivity index (χ1n) is 11.9. The molecule has 0 heterocycles. The molecule has 0 aliphatic rings. The molecule has 2 rings (SSSR count). The van der Waals surface area contributed by atoms with Crippen molar-refractivity contribution in [3.63, 3.8) is 0 Å². The van der Waals surface area contributed by atoms with E-state index in [0.717, 1.165) is 36.3 Å². The van der Waals surface area contributed by atoms with Crippen LogP contribution < -0.4 is 10.6 Å². The van der Waals surface area contributed by atoms with Gasteiger partial charge in [0.2, 0.25) is 5.91 Å². The lowest BCUT2D eigenvalue weighted by atomic mass is 10.1. The summed E-state index contributed by atoms with van der Waals surface area (Å²) in [5, 5.41) is 5.97. The number of Topliss-reactive ketones (excluding diaryl/α,β-unsaturated/α-hetero) is 1. The summed E-state index contributed by atoms with van der Waals surface area (Å²) in [4.78, 5) is 37.7. The molecule has 0 spiro atoms. The van der Waals surface area contributed by atoms with Gasteiger partial charge in [-0.15, -0.1) is 0 Å². The second-order valence-electron chi connectivity index (χ2n) is 8.79. The Morgan fingerprint density at radius 3 is 2.32 bits per heavy atom. The molecule has 0 bridgehead atoms. The van der Waals surface area contributed by atoms with Crippen molar-refractivity contribution in [2.24, 2.45) is 5.92 Å². The quantitative estimate of drug-likeness (QED) is 0.243. The van der Waals surface area contributed by atoms with Gasteiger partial charge in [-0.05, 0) is 48.9 Å². The zero-order valence-electron chi connectivity index (χ0n) is 20.3. The molecule has 34 heavy (non-hydrogen) atoms. The molecule has 2 amide bonds. The van der Waals surface area contributed by atoms with Crippen molar-refractivity contribution in [2.75, 3.05) is 13.1 Å². The number of carbonyl (C=O) groups is 3. The maximum absolute atomic E-state index is 12.3. The molecule has 0 aliphatic heterocycles. The number of benzene rings is 2. The number of hydrogen-bond acceptors (Lipinski definition) is 5. The van der Waals surface area contributed by atoms with Gasteiger partial charge >= 0.3 is 0 Å². The molecular weight excluding hydrogens is 464 g/mol. The smallest absolute Gasteiger partial charge is 0.251 e. The third-order valence-corrected chi connectivity index (χ3v) is 8.27. The zero-order valence-corrected chi connectivity index (χ0v) is 22.0. The van der Waals surface area contributed by atoms with Crippen LogP contribution in [0.5, 0.6) is 0 Å². The topological polar surface area (TPSA) is 75.3 Å². The van der Waals surface area contributed by atoms with Gasteiger partial charge in [-0.1, -0.05) is 78.8 Å². The first-order valence-corrected chi connectivity index (χ1v) is 14.1. The van der Waals surface area contributed by atoms with Crippen LogP contribution in [-0.2, 0) is 16.0 Å². The Morgan fingerprint density at radius 2 is 1.59 bits per heavy atom. The third kappa shape index (κ3) is 11.3. The molecule has 1 atom stereocenters. The highest BCUT2D eigenvalue weighted by atomic mass is 33.1. The minimum atomic E-state index is -0.229. The van der Waals surface area contributed by atoms with Gasteiger partial charge in [-0.3, -0.25) is 14.4 Å². The van der Waals surface area contributed by atoms with E-state index in [1.807, 2.05) is 30.3 Å². The fourth-order valence-corrected chi connectivity index (χ4v) is 5.65. The molecule has 0 saturated heterocycles. The Morgan fingerprint density at radius 1 is 0.882 bits per heavy atom. The number of rotatable bonds is 15. The molecule has 2 N–H and O–H groups in total. The molecular formula is C27H36N2O3S2. The lowest BCUT2D eigenvalue weighted by molar-refractivity contribution is -0.120. The van der Waals surface area contributed by atoms with Crippen molar-refractivity contribution in [1.82, 2.24) is 10.6 Å². The fraction of sp³-hybridized carbons (Fsp3) is 0.444. The van der Waals surface area contributed by atoms with E-state index in [1.165, 1.54) is 0 Å². The van der Waals surface area contributed by atoms with Crippen molar-refractivity contribution in [1.29, 1.82) is 0 Å². The first-order chi connectivity index (χ1) is 16.3. The SMILES string of the molecule is CC(C)CCCNC(=O)Cc1ccccc1SSC(C)CCC(=O)CNC(=O)c1ccccc1. The van der Waals surface area contributed by atoms with Crippen LogP contribution in [0.3, 0.4) is 0 Å². The zero-order chi connectivity index (χ0) is 24.8. The van der Waals surface area contributed by atoms with Gasteiger partial charge < -0.3 is 10.6 Å². The minimum Gasteiger partial charge on any atom is -0.356 e. The van der Waals surface area contributed by atoms with Gasteiger partial charge in [0.05, 0.1) is 13.0 Å². The van der Waals surface area contributed by atoms with Crippen LogP contribution in [0.4, 0.5) is 0 Å². The van der Waals surface area contributed by atoms with Gasteiger partial charge in [0.25, 0.3) is 5.91 Å². The maximum Gasteiger partial charge on any atom is 0.251 e. The monoisotopic (exact) mass is 500 g/mol. The molecule has 5 nitrogen and oxygen atoms in total. The van der Waals surface area contributed by atoms with E-state index in [9.17, 15) is 14.4 Å². The highest BCUT2D eigenvalue weighted by Crippen LogP contribution is 2.38. The van der Waals surface area contributed by atoms with Crippen molar-refractivity contribution in [3.8, 4) is 0 Å². The molecule has 0 radical (unpaired) electrons. The number of carbonyl (C=O) groups excluding carboxylic acids is 3. The molecule has 0 fully saturated rings. The molecule has 0 aromatic heterocycles. The molecule has 184 valence electrons. The Bertz CT molecular complexity index is 919. The van der Waals surface area contributed by atoms with Crippen LogP contribution in [0.1, 0.15) is 62.4 Å². The average molecular weight is 501 g/mol. The van der Waals surface area contributed by atoms with Crippen LogP contribution >= 0.6 is 21.6 Å². The highest BCUT2D eigenvalue weighted by Gasteiger charge is 2.13. The lowest BCUT2D eigenvalue weighted by Gasteiger charge is -2.13. The molecule has 0 aliphatic carbocycles. The van der Waals surface area contributed by atoms with Gasteiger partial charge in [-0.2, -0.15) is 0 Å². The average Bonchev–Trinajstić information content (AvgIpc) is 2.83. The third-order valence-electron chi connectivity index (χ3n) is 5.22. The largest absolute Gasteiger partial charge is 0.356 e. The fourth-order valence-electron chi connectivity index (χ4n) is 3.21. The van der Waals surface area contributed by atoms with Gasteiger partial charge in [-0.25, -0.2) is 0 Å². The van der Waals surface area contributed by atoms with Crippen LogP contribution in [0.25, 0.3) is 0 Å². The van der Waals surface area contributed by atoms with Crippen molar-refractivity contribution >= 4 is 39.2 Å². The summed E-state index contributed by atoms with van der Waals surface area (Å²) >= 11 is 0. The minimum absolute atomic E-state index is 0.0243. The van der Waals surface area contributed by atoms with E-state index < -0.39 is 0 Å². The first kappa shape index (κ1) is 28.0. The molecule has 7 heteroatoms. The number of nitrogens with one attached hydrogen (secondary N) is 2. The molecule has 0 saturated carbocycles. The Kier molecular flexibility index (Phi) is 12.9. The Hall–Kier alpha value is -2.25. The second kappa shape index (κ2) is 15.6. The van der Waals surface area contributed by atoms with E-state index >= 15 is 0 Å². The lowest BCUT2D eigenvalue weighted by Crippen LogP contribution is -2.29. The van der Waals surface area contributed by atoms with E-state index in [1.54, 1.807) is 45.9 Å². The van der Waals surface area contributed by atoms with E-state index in [0.29, 0.717) is 24.3 Å². The summed E-state index contributed by atoms with van der Waals surface area (Å²) in [6.07, 6.45) is 3.64. The van der Waals surface area contributed by atoms with Gasteiger partial charge in [0.1, 0.15) is 0 Å². The Labute approximate surface area is 211 Å². The summed E-state index contributed by atoms with van der Waals surface area (Å²) in [5.74, 6) is 0.498. The standard InChI is InChI=1S/C27H36N2O3S2/c1-20(2)10-9-17-28-26(31)18-23-13-7-8-14-25(23)34-33-21(3)15-16-24(30)19-29-27(32)22-11-5-4-6-12-22/h4-8,11-14,20-21H,9-10,15-19H2,1-3H3,(H,28,31)(H,29,32). The van der Waals surface area contributed by atoms with E-state index in [2.05, 4.69) is 31.4 Å². The summed E-state index contributed by atoms with van der Waals surface area (Å²) in [5.41, 5.74) is 1.58. The number of amides is 2. The van der Waals surface area contributed by atoms with Crippen LogP contribution in [0.2, 0.25) is 0 Å². The maximum atomic E-state index is 12.3. The number of ketones is 1. The normalized spacial score (nSPS) is 11.8. The van der Waals surface area contributed by atoms with E-state index in [-0.39, 0.29) is 29.4 Å². The van der Waals surface area contributed by atoms with E-state index in [4.69, 9.17) is 0 Å². The predicted molar refractivity (Wildman–Crippen MR) is 143 cm³/mol. The van der Waals surface area contributed by atoms with Crippen molar-refractivity contribution < 1.29 is 14.4 Å². The summed E-state index contributed by atoms with van der Waals surface area (Å²) in [6.45, 7) is 7.24. The summed E-state index contributed by atoms with van der Waals surface area (Å²) in [7, 11) is 3.36. The van der Waals surface area contributed by atoms with Crippen LogP contribution in [-0.4, -0.2) is 35.9 Å². The number of hydrogen-bond donors (Lipinski definition) is 2. The van der Waals surface area contributed by atoms with Crippen LogP contribution in [0.15, 0.2) is 59.5 Å². The Balaban J connectivity index is 1.70. The van der Waals surface area contributed by atoms with Gasteiger partial charge in [0.15, 0.2) is 5.78 Å².